The van der Waals surface area contributed by atoms with Crippen molar-refractivity contribution in [2.24, 2.45) is 0 Å². The minimum Gasteiger partial charge on any atom is -0.502 e. The number of benzene rings is 3. The number of nitrogens with two attached hydrogens (primary N) is 1. The van der Waals surface area contributed by atoms with Crippen LogP contribution in [0.15, 0.2) is 72.8 Å². The number of nitro benzene ring substituents is 1. The summed E-state index contributed by atoms with van der Waals surface area (Å²) in [6.45, 7) is 2.33. The Morgan fingerprint density at radius 1 is 0.769 bits per heavy atom. The number of nitrogens with zero attached hydrogens (tertiary/aromatic N) is 2. The van der Waals surface area contributed by atoms with Crippen LogP contribution < -0.4 is 37.6 Å². The third-order valence-electron chi connectivity index (χ3n) is 10.2. The fourth-order valence-electron chi connectivity index (χ4n) is 6.80. The van der Waals surface area contributed by atoms with Gasteiger partial charge in [-0.15, -0.1) is 0 Å². The number of nitro groups is 1. The zero-order chi connectivity index (χ0) is 48.0. The van der Waals surface area contributed by atoms with Crippen molar-refractivity contribution in [1.29, 1.82) is 0 Å². The molecule has 346 valence electrons. The van der Waals surface area contributed by atoms with Crippen LogP contribution in [0, 0.1) is 10.1 Å². The van der Waals surface area contributed by atoms with Crippen LogP contribution in [-0.4, -0.2) is 128 Å². The Morgan fingerprint density at radius 3 is 2.02 bits per heavy atom. The van der Waals surface area contributed by atoms with Crippen molar-refractivity contribution in [3.05, 3.63) is 99.6 Å². The smallest absolute Gasteiger partial charge is 0.326 e. The number of aromatic hydroxyl groups is 1. The molecule has 0 spiro atoms. The molecule has 0 radical (unpaired) electrons. The highest BCUT2D eigenvalue weighted by Gasteiger charge is 2.39. The van der Waals surface area contributed by atoms with Gasteiger partial charge < -0.3 is 57.9 Å². The van der Waals surface area contributed by atoms with Crippen molar-refractivity contribution in [3.8, 4) is 5.75 Å². The number of para-hydroxylation sites is 1. The molecule has 0 aromatic heterocycles. The predicted molar refractivity (Wildman–Crippen MR) is 227 cm³/mol. The summed E-state index contributed by atoms with van der Waals surface area (Å²) in [5.74, 6) is -9.68. The summed E-state index contributed by atoms with van der Waals surface area (Å²) >= 11 is 0. The van der Waals surface area contributed by atoms with E-state index >= 15 is 0 Å². The van der Waals surface area contributed by atoms with Crippen LogP contribution in [0.4, 0.5) is 11.4 Å². The van der Waals surface area contributed by atoms with Crippen LogP contribution >= 0.6 is 0 Å². The van der Waals surface area contributed by atoms with Gasteiger partial charge in [0.15, 0.2) is 5.75 Å². The highest BCUT2D eigenvalue weighted by Crippen LogP contribution is 2.27. The Morgan fingerprint density at radius 2 is 1.38 bits per heavy atom. The van der Waals surface area contributed by atoms with Crippen LogP contribution in [0.3, 0.4) is 0 Å². The molecule has 7 amide bonds. The number of hydrogen-bond acceptors (Lipinski definition) is 13. The number of carbonyl (C=O) groups is 9. The van der Waals surface area contributed by atoms with E-state index in [1.807, 2.05) is 0 Å². The maximum absolute atomic E-state index is 14.1. The van der Waals surface area contributed by atoms with Gasteiger partial charge >= 0.3 is 17.6 Å². The van der Waals surface area contributed by atoms with E-state index in [9.17, 15) is 68.6 Å². The summed E-state index contributed by atoms with van der Waals surface area (Å²) in [7, 11) is 0. The number of phenolic OH excluding ortho intramolecular Hbond substituents is 1. The molecule has 0 bridgehead atoms. The van der Waals surface area contributed by atoms with Crippen molar-refractivity contribution in [2.75, 3.05) is 18.8 Å². The minimum atomic E-state index is -1.95. The number of rotatable bonds is 21. The van der Waals surface area contributed by atoms with Gasteiger partial charge in [0.05, 0.1) is 23.5 Å². The van der Waals surface area contributed by atoms with Crippen LogP contribution in [0.2, 0.25) is 0 Å². The summed E-state index contributed by atoms with van der Waals surface area (Å²) in [4.78, 5) is 128. The summed E-state index contributed by atoms with van der Waals surface area (Å²) in [6, 6.07) is 9.01. The summed E-state index contributed by atoms with van der Waals surface area (Å²) in [5.41, 5.74) is 5.98. The highest BCUT2D eigenvalue weighted by atomic mass is 16.6. The van der Waals surface area contributed by atoms with Crippen molar-refractivity contribution < 1.29 is 63.4 Å². The molecule has 65 heavy (non-hydrogen) atoms. The molecule has 1 fully saturated rings. The molecule has 11 N–H and O–H groups in total. The van der Waals surface area contributed by atoms with E-state index in [1.54, 1.807) is 42.5 Å². The maximum Gasteiger partial charge on any atom is 0.326 e. The van der Waals surface area contributed by atoms with Crippen LogP contribution in [0.5, 0.6) is 5.75 Å². The molecule has 0 unspecified atom stereocenters. The Bertz CT molecular complexity index is 2310. The zero-order valence-electron chi connectivity index (χ0n) is 35.1. The molecule has 4 rings (SSSR count). The first kappa shape index (κ1) is 49.5. The quantitative estimate of drug-likeness (QED) is 0.0352. The molecular formula is C42H49N9O14. The molecule has 0 aliphatic carbocycles. The molecule has 6 atom stereocenters. The molecule has 23 heteroatoms. The predicted octanol–water partition coefficient (Wildman–Crippen LogP) is -0.888. The number of nitrogens with one attached hydrogen (secondary N) is 6. The van der Waals surface area contributed by atoms with Crippen molar-refractivity contribution >= 4 is 64.7 Å². The molecule has 1 heterocycles. The van der Waals surface area contributed by atoms with Gasteiger partial charge in [0.25, 0.3) is 5.91 Å². The monoisotopic (exact) mass is 903 g/mol. The normalized spacial score (nSPS) is 15.4. The van der Waals surface area contributed by atoms with E-state index in [4.69, 9.17) is 5.73 Å². The molecular weight excluding hydrogens is 855 g/mol. The van der Waals surface area contributed by atoms with E-state index in [2.05, 4.69) is 31.9 Å². The largest absolute Gasteiger partial charge is 0.502 e. The van der Waals surface area contributed by atoms with Crippen LogP contribution in [0.1, 0.15) is 54.6 Å². The van der Waals surface area contributed by atoms with Crippen molar-refractivity contribution in [1.82, 2.24) is 36.8 Å². The number of anilines is 1. The lowest BCUT2D eigenvalue weighted by molar-refractivity contribution is -0.385. The van der Waals surface area contributed by atoms with Crippen LogP contribution in [-0.2, 0) is 51.2 Å². The van der Waals surface area contributed by atoms with Crippen LogP contribution in [0.25, 0.3) is 0 Å². The third-order valence-corrected chi connectivity index (χ3v) is 10.2. The summed E-state index contributed by atoms with van der Waals surface area (Å²) in [5, 5.41) is 54.7. The van der Waals surface area contributed by atoms with E-state index in [0.717, 1.165) is 12.1 Å². The van der Waals surface area contributed by atoms with Gasteiger partial charge in [-0.1, -0.05) is 48.5 Å². The van der Waals surface area contributed by atoms with Gasteiger partial charge in [-0.05, 0) is 56.0 Å². The summed E-state index contributed by atoms with van der Waals surface area (Å²) < 4.78 is 0. The van der Waals surface area contributed by atoms with E-state index in [0.29, 0.717) is 12.0 Å². The first-order valence-electron chi connectivity index (χ1n) is 20.1. The summed E-state index contributed by atoms with van der Waals surface area (Å²) in [6.07, 6.45) is -1.23. The van der Waals surface area contributed by atoms with Gasteiger partial charge in [-0.2, -0.15) is 0 Å². The third kappa shape index (κ3) is 14.2. The number of nitrogen functional groups attached to an aromatic ring is 1. The van der Waals surface area contributed by atoms with Crippen molar-refractivity contribution in [3.63, 3.8) is 0 Å². The van der Waals surface area contributed by atoms with Gasteiger partial charge in [0.1, 0.15) is 36.3 Å². The fraction of sp³-hybridized carbons (Fsp3) is 0.357. The topological polar surface area (TPSA) is 359 Å². The van der Waals surface area contributed by atoms with Gasteiger partial charge in [-0.25, -0.2) is 4.79 Å². The molecule has 0 saturated carbocycles. The number of carboxylic acids is 2. The lowest BCUT2D eigenvalue weighted by Crippen LogP contribution is -2.59. The number of amides is 7. The first-order chi connectivity index (χ1) is 30.7. The molecule has 1 saturated heterocycles. The van der Waals surface area contributed by atoms with E-state index in [1.165, 1.54) is 36.9 Å². The zero-order valence-corrected chi connectivity index (χ0v) is 35.1. The second kappa shape index (κ2) is 22.8. The average molecular weight is 904 g/mol. The second-order valence-electron chi connectivity index (χ2n) is 15.1. The number of carbonyl (C=O) groups excluding carboxylic acids is 7. The molecule has 3 aromatic carbocycles. The Labute approximate surface area is 370 Å². The number of hydrogen-bond donors (Lipinski definition) is 10. The maximum atomic E-state index is 14.1. The Balaban J connectivity index is 1.47. The number of likely N-dealkylation sites (tertiary alicyclic amines) is 1. The van der Waals surface area contributed by atoms with E-state index < -0.39 is 125 Å². The van der Waals surface area contributed by atoms with E-state index in [-0.39, 0.29) is 36.2 Å². The van der Waals surface area contributed by atoms with Gasteiger partial charge in [0, 0.05) is 31.1 Å². The average Bonchev–Trinajstić information content (AvgIpc) is 3.75. The number of carboxylic acid groups (broad SMARTS) is 2. The fourth-order valence-corrected chi connectivity index (χ4v) is 6.80. The number of phenols is 1. The van der Waals surface area contributed by atoms with Gasteiger partial charge in [0.2, 0.25) is 35.4 Å². The second-order valence-corrected chi connectivity index (χ2v) is 15.1. The van der Waals surface area contributed by atoms with Crippen molar-refractivity contribution in [2.45, 2.75) is 82.2 Å². The SMILES string of the molecule is C[C@H](NC(=O)CNC(=O)c1ccccc1N)C(=O)N[C@@H](C)C(=O)N1CCC[C@H]1C(=O)N[C@@H](Cc1ccccc1)C(=O)N[C@@H](Cc1ccc(O)c([N+](=O)[O-])c1)C(=O)N[C@@H](CC(=O)O)C(=O)O. The first-order valence-corrected chi connectivity index (χ1v) is 20.1. The lowest BCUT2D eigenvalue weighted by Gasteiger charge is -2.29. The standard InChI is InChI=1S/C42H49N9O14/c1-22(45-34(53)21-44-37(57)26-11-6-7-12-27(26)43)36(56)46-23(2)41(61)50-16-8-13-31(50)40(60)48-28(17-24-9-4-3-5-10-24)38(58)47-29(39(59)49-30(42(62)63)20-35(54)55)18-25-14-15-33(52)32(19-25)51(64)65/h3-7,9-12,14-15,19,22-23,28-31,52H,8,13,16-18,20-21,43H2,1-2H3,(H,44,57)(H,45,53)(H,46,56)(H,47,58)(H,48,60)(H,49,59)(H,54,55)(H,62,63)/t22-,23-,28-,29-,30-,31-/m0/s1. The number of aliphatic carboxylic acids is 2. The molecule has 23 nitrogen and oxygen atoms in total. The highest BCUT2D eigenvalue weighted by molar-refractivity contribution is 6.01. The minimum absolute atomic E-state index is 0.0279. The Hall–Kier alpha value is -8.11. The van der Waals surface area contributed by atoms with Gasteiger partial charge in [-0.3, -0.25) is 48.5 Å². The molecule has 1 aliphatic rings. The molecule has 3 aromatic rings. The Kier molecular flexibility index (Phi) is 17.4. The lowest BCUT2D eigenvalue weighted by atomic mass is 10.0. The molecule has 1 aliphatic heterocycles.